The Morgan fingerprint density at radius 2 is 1.76 bits per heavy atom. The zero-order chi connectivity index (χ0) is 23.7. The van der Waals surface area contributed by atoms with Crippen molar-refractivity contribution >= 4 is 28.6 Å². The molecule has 1 N–H and O–H groups in total. The van der Waals surface area contributed by atoms with Crippen molar-refractivity contribution in [2.75, 3.05) is 31.5 Å². The predicted molar refractivity (Wildman–Crippen MR) is 121 cm³/mol. The van der Waals surface area contributed by atoms with Gasteiger partial charge < -0.3 is 19.5 Å². The Labute approximate surface area is 320 Å². The normalized spacial score (nSPS) is 12.8. The van der Waals surface area contributed by atoms with Crippen molar-refractivity contribution in [3.8, 4) is 11.5 Å². The van der Waals surface area contributed by atoms with E-state index in [1.165, 1.54) is 11.7 Å². The van der Waals surface area contributed by atoms with Crippen molar-refractivity contribution in [1.82, 2.24) is 40.0 Å². The first-order chi connectivity index (χ1) is 16.4. The fourth-order valence-electron chi connectivity index (χ4n) is 3.74. The van der Waals surface area contributed by atoms with E-state index in [4.69, 9.17) is 4.42 Å². The molecule has 12 nitrogen and oxygen atoms in total. The minimum absolute atomic E-state index is 0. The third kappa shape index (κ3) is 9.05. The number of aromatic nitrogens is 6. The number of carbonyl (C=O) groups is 2. The maximum absolute atomic E-state index is 13.1. The molecule has 2 amide bonds. The van der Waals surface area contributed by atoms with Crippen LogP contribution in [0.4, 0.5) is 5.69 Å². The zero-order valence-corrected chi connectivity index (χ0v) is 32.3. The van der Waals surface area contributed by atoms with E-state index in [9.17, 15) is 9.59 Å². The second kappa shape index (κ2) is 16.5. The number of nitrogens with zero attached hydrogens (tertiary/aromatic N) is 8. The molecule has 0 unspecified atom stereocenters. The van der Waals surface area contributed by atoms with Gasteiger partial charge in [0.2, 0.25) is 11.8 Å². The van der Waals surface area contributed by atoms with Crippen molar-refractivity contribution < 1.29 is 145 Å². The van der Waals surface area contributed by atoms with Crippen molar-refractivity contribution in [3.05, 3.63) is 54.6 Å². The third-order valence-electron chi connectivity index (χ3n) is 5.36. The SMILES string of the molecule is CC(=O)Nc1ccc2oc(-c3ccnc(C(=O)N4CCN([CH-]c5nnn(C)n5)CC4)c3)nc2c1.[Y].[Y].[Y].[Y]. The van der Waals surface area contributed by atoms with Gasteiger partial charge in [-0.2, -0.15) is 9.90 Å². The summed E-state index contributed by atoms with van der Waals surface area (Å²) in [5.74, 6) is 0.606. The first kappa shape index (κ1) is 36.1. The number of tetrazole rings is 1. The molecular formula is C22H22N9O3Y4-. The molecule has 1 fully saturated rings. The fraction of sp³-hybridized carbons (Fsp3) is 0.273. The zero-order valence-electron chi connectivity index (χ0n) is 21.0. The summed E-state index contributed by atoms with van der Waals surface area (Å²) in [6.07, 6.45) is 1.57. The molecule has 5 rings (SSSR count). The Morgan fingerprint density at radius 1 is 1.03 bits per heavy atom. The van der Waals surface area contributed by atoms with Gasteiger partial charge >= 0.3 is 0 Å². The average Bonchev–Trinajstić information content (AvgIpc) is 3.44. The van der Waals surface area contributed by atoms with E-state index in [1.807, 2.05) is 6.54 Å². The van der Waals surface area contributed by atoms with Crippen LogP contribution in [0.2, 0.25) is 0 Å². The quantitative estimate of drug-likeness (QED) is 0.297. The molecule has 0 atom stereocenters. The summed E-state index contributed by atoms with van der Waals surface area (Å²) in [5, 5.41) is 14.7. The van der Waals surface area contributed by atoms with Gasteiger partial charge in [0.15, 0.2) is 5.58 Å². The minimum Gasteiger partial charge on any atom is -0.436 e. The van der Waals surface area contributed by atoms with Crippen LogP contribution in [-0.4, -0.2) is 78.0 Å². The van der Waals surface area contributed by atoms with Crippen LogP contribution in [0.5, 0.6) is 0 Å². The van der Waals surface area contributed by atoms with Crippen LogP contribution < -0.4 is 5.32 Å². The number of hydrogen-bond acceptors (Lipinski definition) is 9. The summed E-state index contributed by atoms with van der Waals surface area (Å²) < 4.78 is 5.86. The molecular weight excluding hydrogens is 794 g/mol. The number of anilines is 1. The van der Waals surface area contributed by atoms with E-state index in [0.29, 0.717) is 65.9 Å². The first-order valence-corrected chi connectivity index (χ1v) is 10.7. The van der Waals surface area contributed by atoms with Gasteiger partial charge in [-0.25, -0.2) is 4.98 Å². The number of amides is 2. The number of hydrogen-bond donors (Lipinski definition) is 1. The number of fused-ring (bicyclic) bond motifs is 1. The maximum Gasteiger partial charge on any atom is 0.272 e. The van der Waals surface area contributed by atoms with Gasteiger partial charge in [0.1, 0.15) is 11.2 Å². The monoisotopic (exact) mass is 816 g/mol. The van der Waals surface area contributed by atoms with E-state index >= 15 is 0 Å². The molecule has 38 heavy (non-hydrogen) atoms. The summed E-state index contributed by atoms with van der Waals surface area (Å²) >= 11 is 0. The topological polar surface area (TPSA) is 135 Å². The molecule has 0 bridgehead atoms. The Morgan fingerprint density at radius 3 is 2.42 bits per heavy atom. The summed E-state index contributed by atoms with van der Waals surface area (Å²) in [5.41, 5.74) is 2.80. The van der Waals surface area contributed by atoms with Gasteiger partial charge in [-0.15, -0.1) is 5.10 Å². The number of carbonyl (C=O) groups excluding carboxylic acids is 2. The number of rotatable bonds is 5. The van der Waals surface area contributed by atoms with Gasteiger partial charge in [-0.05, 0) is 43.4 Å². The molecule has 1 saturated heterocycles. The average molecular weight is 816 g/mol. The molecule has 4 radical (unpaired) electrons. The number of oxazole rings is 1. The van der Waals surface area contributed by atoms with Crippen molar-refractivity contribution in [2.45, 2.75) is 6.92 Å². The van der Waals surface area contributed by atoms with Crippen LogP contribution in [0.3, 0.4) is 0 Å². The van der Waals surface area contributed by atoms with Crippen LogP contribution in [-0.2, 0) is 143 Å². The Balaban J connectivity index is 0.00000180. The number of benzene rings is 1. The van der Waals surface area contributed by atoms with Crippen molar-refractivity contribution in [2.24, 2.45) is 7.05 Å². The van der Waals surface area contributed by atoms with Gasteiger partial charge in [0, 0.05) is 168 Å². The second-order valence-corrected chi connectivity index (χ2v) is 7.91. The molecule has 1 aromatic carbocycles. The van der Waals surface area contributed by atoms with Gasteiger partial charge in [0.05, 0.1) is 12.9 Å². The first-order valence-electron chi connectivity index (χ1n) is 10.7. The second-order valence-electron chi connectivity index (χ2n) is 7.91. The van der Waals surface area contributed by atoms with Crippen LogP contribution in [0, 0.1) is 6.54 Å². The molecule has 0 aliphatic carbocycles. The van der Waals surface area contributed by atoms with Gasteiger partial charge in [-0.1, -0.05) is 5.21 Å². The van der Waals surface area contributed by atoms with E-state index in [-0.39, 0.29) is 143 Å². The van der Waals surface area contributed by atoms with Crippen LogP contribution >= 0.6 is 0 Å². The molecule has 186 valence electrons. The maximum atomic E-state index is 13.1. The van der Waals surface area contributed by atoms with Crippen LogP contribution in [0.15, 0.2) is 40.9 Å². The summed E-state index contributed by atoms with van der Waals surface area (Å²) in [4.78, 5) is 38.4. The Kier molecular flexibility index (Phi) is 15.7. The van der Waals surface area contributed by atoms with Crippen molar-refractivity contribution in [3.63, 3.8) is 0 Å². The standard InChI is InChI=1S/C22H22N9O3.4Y/c1-14(32)24-16-3-4-19-17(12-16)25-21(34-19)15-5-6-23-18(11-15)22(33)31-9-7-30(8-10-31)13-20-26-28-29(2)27-20;;;;/h3-6,11-13H,7-10H2,1-2H3,(H,24,32);;;;/q-1;;;;. The van der Waals surface area contributed by atoms with Gasteiger partial charge in [-0.3, -0.25) is 21.1 Å². The predicted octanol–water partition coefficient (Wildman–Crippen LogP) is 1.33. The largest absolute Gasteiger partial charge is 0.436 e. The molecule has 1 aliphatic heterocycles. The molecule has 4 aromatic rings. The Hall–Kier alpha value is 0.0956. The molecule has 16 heteroatoms. The molecule has 4 heterocycles. The summed E-state index contributed by atoms with van der Waals surface area (Å²) in [6.45, 7) is 5.71. The molecule has 0 spiro atoms. The van der Waals surface area contributed by atoms with E-state index in [2.05, 4.69) is 35.6 Å². The smallest absolute Gasteiger partial charge is 0.272 e. The van der Waals surface area contributed by atoms with E-state index in [1.54, 1.807) is 48.5 Å². The van der Waals surface area contributed by atoms with E-state index < -0.39 is 0 Å². The number of aryl methyl sites for hydroxylation is 1. The fourth-order valence-corrected chi connectivity index (χ4v) is 3.74. The third-order valence-corrected chi connectivity index (χ3v) is 5.36. The Bertz CT molecular complexity index is 1370. The summed E-state index contributed by atoms with van der Waals surface area (Å²) in [6, 6.07) is 8.67. The molecule has 0 saturated carbocycles. The number of nitrogens with one attached hydrogen (secondary N) is 1. The van der Waals surface area contributed by atoms with Crippen LogP contribution in [0.25, 0.3) is 22.6 Å². The number of piperazine rings is 1. The molecule has 3 aromatic heterocycles. The number of pyridine rings is 1. The molecule has 1 aliphatic rings. The minimum atomic E-state index is -0.163. The van der Waals surface area contributed by atoms with Crippen LogP contribution in [0.1, 0.15) is 23.2 Å². The summed E-state index contributed by atoms with van der Waals surface area (Å²) in [7, 11) is 1.71. The van der Waals surface area contributed by atoms with Crippen molar-refractivity contribution in [1.29, 1.82) is 0 Å². The van der Waals surface area contributed by atoms with E-state index in [0.717, 1.165) is 0 Å². The van der Waals surface area contributed by atoms with Gasteiger partial charge in [0.25, 0.3) is 5.91 Å².